The third-order valence-electron chi connectivity index (χ3n) is 3.92. The molecule has 0 bridgehead atoms. The van der Waals surface area contributed by atoms with Gasteiger partial charge in [0.15, 0.2) is 0 Å². The third-order valence-corrected chi connectivity index (χ3v) is 3.92. The van der Waals surface area contributed by atoms with Crippen molar-refractivity contribution in [2.24, 2.45) is 5.92 Å². The molecule has 0 aromatic heterocycles. The Labute approximate surface area is 142 Å². The molecule has 132 valence electrons. The van der Waals surface area contributed by atoms with Crippen LogP contribution in [0.5, 0.6) is 5.75 Å². The number of rotatable bonds is 4. The monoisotopic (exact) mass is 335 g/mol. The lowest BCUT2D eigenvalue weighted by Gasteiger charge is -2.25. The minimum Gasteiger partial charge on any atom is -0.497 e. The average molecular weight is 335 g/mol. The van der Waals surface area contributed by atoms with Gasteiger partial charge in [0, 0.05) is 6.04 Å². The maximum atomic E-state index is 12.6. The third kappa shape index (κ3) is 4.26. The van der Waals surface area contributed by atoms with Gasteiger partial charge in [-0.3, -0.25) is 14.9 Å². The number of methoxy groups -OCH3 is 2. The Morgan fingerprint density at radius 2 is 1.88 bits per heavy atom. The number of hydrogen-bond donors (Lipinski definition) is 1. The van der Waals surface area contributed by atoms with E-state index in [1.165, 1.54) is 7.11 Å². The number of ether oxygens (including phenoxy) is 3. The van der Waals surface area contributed by atoms with Crippen molar-refractivity contribution in [3.05, 3.63) is 29.8 Å². The lowest BCUT2D eigenvalue weighted by molar-refractivity contribution is -0.160. The van der Waals surface area contributed by atoms with E-state index < -0.39 is 17.6 Å². The van der Waals surface area contributed by atoms with Gasteiger partial charge in [0.25, 0.3) is 0 Å². The molecule has 0 radical (unpaired) electrons. The minimum atomic E-state index is -0.584. The van der Waals surface area contributed by atoms with Crippen LogP contribution in [0, 0.1) is 5.92 Å². The maximum absolute atomic E-state index is 12.6. The van der Waals surface area contributed by atoms with E-state index in [1.54, 1.807) is 7.11 Å². The molecule has 24 heavy (non-hydrogen) atoms. The van der Waals surface area contributed by atoms with Crippen LogP contribution in [-0.4, -0.2) is 37.8 Å². The molecule has 1 aliphatic heterocycles. The molecule has 1 aliphatic rings. The van der Waals surface area contributed by atoms with Crippen LogP contribution in [0.3, 0.4) is 0 Å². The van der Waals surface area contributed by atoms with Gasteiger partial charge in [0.1, 0.15) is 17.4 Å². The predicted octanol–water partition coefficient (Wildman–Crippen LogP) is 2.23. The molecule has 6 nitrogen and oxygen atoms in total. The van der Waals surface area contributed by atoms with Crippen molar-refractivity contribution in [3.63, 3.8) is 0 Å². The molecule has 1 fully saturated rings. The molecule has 1 aromatic rings. The molecule has 1 aromatic carbocycles. The Morgan fingerprint density at radius 1 is 1.17 bits per heavy atom. The highest BCUT2D eigenvalue weighted by molar-refractivity contribution is 5.80. The highest BCUT2D eigenvalue weighted by Gasteiger charge is 2.44. The second-order valence-electron chi connectivity index (χ2n) is 6.87. The summed E-state index contributed by atoms with van der Waals surface area (Å²) in [4.78, 5) is 24.5. The second-order valence-corrected chi connectivity index (χ2v) is 6.87. The maximum Gasteiger partial charge on any atom is 0.322 e. The zero-order valence-corrected chi connectivity index (χ0v) is 14.8. The van der Waals surface area contributed by atoms with Crippen LogP contribution in [-0.2, 0) is 19.1 Å². The zero-order valence-electron chi connectivity index (χ0n) is 14.8. The molecule has 3 atom stereocenters. The number of carbonyl (C=O) groups is 2. The summed E-state index contributed by atoms with van der Waals surface area (Å²) >= 11 is 0. The van der Waals surface area contributed by atoms with Gasteiger partial charge >= 0.3 is 11.9 Å². The van der Waals surface area contributed by atoms with E-state index in [-0.39, 0.29) is 18.0 Å². The lowest BCUT2D eigenvalue weighted by atomic mass is 9.93. The highest BCUT2D eigenvalue weighted by atomic mass is 16.6. The van der Waals surface area contributed by atoms with Crippen LogP contribution in [0.2, 0.25) is 0 Å². The molecule has 0 spiro atoms. The van der Waals surface area contributed by atoms with E-state index in [1.807, 2.05) is 45.0 Å². The van der Waals surface area contributed by atoms with Crippen LogP contribution in [0.15, 0.2) is 24.3 Å². The Kier molecular flexibility index (Phi) is 5.49. The van der Waals surface area contributed by atoms with Gasteiger partial charge in [0.2, 0.25) is 0 Å². The predicted molar refractivity (Wildman–Crippen MR) is 88.6 cm³/mol. The van der Waals surface area contributed by atoms with E-state index in [9.17, 15) is 9.59 Å². The molecule has 1 N–H and O–H groups in total. The SMILES string of the molecule is COC(=O)[C@@H]1C[C@H](C(=O)OC(C)(C)C)[C@H](c2cccc(OC)c2)N1. The van der Waals surface area contributed by atoms with E-state index >= 15 is 0 Å². The van der Waals surface area contributed by atoms with E-state index in [0.717, 1.165) is 5.56 Å². The fourth-order valence-electron chi connectivity index (χ4n) is 2.87. The molecule has 0 saturated carbocycles. The summed E-state index contributed by atoms with van der Waals surface area (Å²) in [5.41, 5.74) is 0.288. The van der Waals surface area contributed by atoms with Crippen molar-refractivity contribution in [1.82, 2.24) is 5.32 Å². The van der Waals surface area contributed by atoms with E-state index in [2.05, 4.69) is 5.32 Å². The smallest absolute Gasteiger partial charge is 0.322 e. The molecular weight excluding hydrogens is 310 g/mol. The van der Waals surface area contributed by atoms with Crippen molar-refractivity contribution in [1.29, 1.82) is 0 Å². The number of carbonyl (C=O) groups excluding carboxylic acids is 2. The van der Waals surface area contributed by atoms with E-state index in [0.29, 0.717) is 12.2 Å². The highest BCUT2D eigenvalue weighted by Crippen LogP contribution is 2.36. The number of esters is 2. The molecule has 6 heteroatoms. The molecular formula is C18H25NO5. The first kappa shape index (κ1) is 18.3. The molecule has 2 rings (SSSR count). The fraction of sp³-hybridized carbons (Fsp3) is 0.556. The zero-order chi connectivity index (χ0) is 17.9. The van der Waals surface area contributed by atoms with Gasteiger partial charge in [-0.15, -0.1) is 0 Å². The summed E-state index contributed by atoms with van der Waals surface area (Å²) in [6.07, 6.45) is 0.337. The van der Waals surface area contributed by atoms with Crippen molar-refractivity contribution in [2.45, 2.75) is 44.9 Å². The van der Waals surface area contributed by atoms with Crippen molar-refractivity contribution in [2.75, 3.05) is 14.2 Å². The first-order valence-electron chi connectivity index (χ1n) is 7.96. The van der Waals surface area contributed by atoms with Gasteiger partial charge in [-0.2, -0.15) is 0 Å². The second kappa shape index (κ2) is 7.21. The van der Waals surface area contributed by atoms with Gasteiger partial charge < -0.3 is 14.2 Å². The van der Waals surface area contributed by atoms with Crippen LogP contribution in [0.4, 0.5) is 0 Å². The summed E-state index contributed by atoms with van der Waals surface area (Å²) in [5.74, 6) is -0.484. The summed E-state index contributed by atoms with van der Waals surface area (Å²) in [6.45, 7) is 5.48. The Balaban J connectivity index is 2.29. The number of benzene rings is 1. The standard InChI is InChI=1S/C18H25NO5/c1-18(2,3)24-16(20)13-10-14(17(21)23-5)19-15(13)11-7-6-8-12(9-11)22-4/h6-9,13-15,19H,10H2,1-5H3/t13-,14-,15-/m0/s1. The summed E-state index contributed by atoms with van der Waals surface area (Å²) in [6, 6.07) is 6.57. The van der Waals surface area contributed by atoms with Crippen molar-refractivity contribution >= 4 is 11.9 Å². The van der Waals surface area contributed by atoms with Gasteiger partial charge in [0.05, 0.1) is 20.1 Å². The quantitative estimate of drug-likeness (QED) is 0.851. The number of hydrogen-bond acceptors (Lipinski definition) is 6. The average Bonchev–Trinajstić information content (AvgIpc) is 2.98. The summed E-state index contributed by atoms with van der Waals surface area (Å²) in [7, 11) is 2.93. The van der Waals surface area contributed by atoms with Crippen LogP contribution >= 0.6 is 0 Å². The first-order valence-corrected chi connectivity index (χ1v) is 7.96. The van der Waals surface area contributed by atoms with Crippen LogP contribution < -0.4 is 10.1 Å². The Bertz CT molecular complexity index is 608. The van der Waals surface area contributed by atoms with Gasteiger partial charge in [-0.05, 0) is 44.9 Å². The fourth-order valence-corrected chi connectivity index (χ4v) is 2.87. The summed E-state index contributed by atoms with van der Waals surface area (Å²) < 4.78 is 15.6. The first-order chi connectivity index (χ1) is 11.2. The van der Waals surface area contributed by atoms with Gasteiger partial charge in [-0.1, -0.05) is 12.1 Å². The van der Waals surface area contributed by atoms with Crippen molar-refractivity contribution in [3.8, 4) is 5.75 Å². The van der Waals surface area contributed by atoms with Gasteiger partial charge in [-0.25, -0.2) is 0 Å². The van der Waals surface area contributed by atoms with E-state index in [4.69, 9.17) is 14.2 Å². The van der Waals surface area contributed by atoms with Crippen molar-refractivity contribution < 1.29 is 23.8 Å². The lowest BCUT2D eigenvalue weighted by Crippen LogP contribution is -2.33. The van der Waals surface area contributed by atoms with Crippen LogP contribution in [0.1, 0.15) is 38.8 Å². The summed E-state index contributed by atoms with van der Waals surface area (Å²) in [5, 5.41) is 3.20. The Morgan fingerprint density at radius 3 is 2.46 bits per heavy atom. The Hall–Kier alpha value is -2.08. The minimum absolute atomic E-state index is 0.325. The largest absolute Gasteiger partial charge is 0.497 e. The molecule has 1 saturated heterocycles. The topological polar surface area (TPSA) is 73.9 Å². The number of nitrogens with one attached hydrogen (secondary N) is 1. The molecule has 1 heterocycles. The van der Waals surface area contributed by atoms with Crippen LogP contribution in [0.25, 0.3) is 0 Å². The molecule has 0 aliphatic carbocycles. The normalized spacial score (nSPS) is 23.6. The molecule has 0 amide bonds. The molecule has 0 unspecified atom stereocenters.